The number of hydrogen-bond donors (Lipinski definition) is 1. The Morgan fingerprint density at radius 2 is 1.89 bits per heavy atom. The molecule has 2 aromatic heterocycles. The number of aromatic nitrogens is 2. The quantitative estimate of drug-likeness (QED) is 0.680. The van der Waals surface area contributed by atoms with E-state index in [1.54, 1.807) is 0 Å². The van der Waals surface area contributed by atoms with Gasteiger partial charge in [-0.05, 0) is 42.5 Å². The zero-order chi connectivity index (χ0) is 19.3. The van der Waals surface area contributed by atoms with E-state index in [0.29, 0.717) is 12.2 Å². The number of hydrogen-bond acceptors (Lipinski definition) is 5. The lowest BCUT2D eigenvalue weighted by Gasteiger charge is -2.16. The van der Waals surface area contributed by atoms with Crippen LogP contribution in [0, 0.1) is 0 Å². The number of benzene rings is 1. The fourth-order valence-electron chi connectivity index (χ4n) is 3.35. The zero-order valence-electron chi connectivity index (χ0n) is 16.0. The van der Waals surface area contributed by atoms with E-state index in [2.05, 4.69) is 57.4 Å². The number of aryl methyl sites for hydroxylation is 1. The largest absolute Gasteiger partial charge is 0.357 e. The molecule has 3 heterocycles. The van der Waals surface area contributed by atoms with Crippen LogP contribution in [-0.2, 0) is 13.0 Å². The summed E-state index contributed by atoms with van der Waals surface area (Å²) in [6, 6.07) is 12.3. The average Bonchev–Trinajstić information content (AvgIpc) is 3.45. The van der Waals surface area contributed by atoms with Crippen LogP contribution >= 0.6 is 11.3 Å². The summed E-state index contributed by atoms with van der Waals surface area (Å²) in [5, 5.41) is 5.63. The molecule has 1 N–H and O–H groups in total. The Balaban J connectivity index is 1.42. The highest BCUT2D eigenvalue weighted by molar-refractivity contribution is 7.13. The Kier molecular flexibility index (Phi) is 5.67. The molecular formula is C22H24N4OS. The number of carbonyl (C=O) groups is 1. The number of nitrogens with zero attached hydrogens (tertiary/aromatic N) is 3. The Bertz CT molecular complexity index is 945. The van der Waals surface area contributed by atoms with Crippen molar-refractivity contribution in [3.8, 4) is 10.6 Å². The molecule has 0 unspecified atom stereocenters. The highest BCUT2D eigenvalue weighted by Crippen LogP contribution is 2.27. The maximum absolute atomic E-state index is 12.5. The van der Waals surface area contributed by atoms with Gasteiger partial charge in [-0.2, -0.15) is 0 Å². The topological polar surface area (TPSA) is 58.1 Å². The van der Waals surface area contributed by atoms with Crippen LogP contribution in [0.1, 0.15) is 41.4 Å². The van der Waals surface area contributed by atoms with E-state index in [1.165, 1.54) is 29.7 Å². The third kappa shape index (κ3) is 4.22. The van der Waals surface area contributed by atoms with Crippen LogP contribution < -0.4 is 10.2 Å². The predicted molar refractivity (Wildman–Crippen MR) is 114 cm³/mol. The number of carbonyl (C=O) groups excluding carboxylic acids is 1. The Morgan fingerprint density at radius 1 is 1.14 bits per heavy atom. The average molecular weight is 393 g/mol. The van der Waals surface area contributed by atoms with Gasteiger partial charge in [0.25, 0.3) is 5.91 Å². The van der Waals surface area contributed by atoms with Crippen molar-refractivity contribution in [1.82, 2.24) is 15.3 Å². The molecule has 1 aliphatic rings. The van der Waals surface area contributed by atoms with Crippen LogP contribution in [-0.4, -0.2) is 29.0 Å². The van der Waals surface area contributed by atoms with Gasteiger partial charge in [0.1, 0.15) is 16.5 Å². The normalized spacial score (nSPS) is 13.7. The molecule has 1 fully saturated rings. The fraction of sp³-hybridized carbons (Fsp3) is 0.318. The number of amides is 1. The molecule has 0 bridgehead atoms. The molecule has 1 aliphatic heterocycles. The first kappa shape index (κ1) is 18.6. The molecule has 0 radical (unpaired) electrons. The highest BCUT2D eigenvalue weighted by Gasteiger charge is 2.16. The molecular weight excluding hydrogens is 368 g/mol. The van der Waals surface area contributed by atoms with E-state index in [1.807, 2.05) is 17.6 Å². The maximum atomic E-state index is 12.5. The van der Waals surface area contributed by atoms with Gasteiger partial charge in [-0.3, -0.25) is 4.79 Å². The van der Waals surface area contributed by atoms with Gasteiger partial charge in [0.2, 0.25) is 0 Å². The van der Waals surface area contributed by atoms with Crippen LogP contribution in [0.3, 0.4) is 0 Å². The first-order chi connectivity index (χ1) is 13.7. The smallest absolute Gasteiger partial charge is 0.271 e. The van der Waals surface area contributed by atoms with Gasteiger partial charge in [-0.25, -0.2) is 9.97 Å². The molecule has 1 saturated heterocycles. The fourth-order valence-corrected chi connectivity index (χ4v) is 4.14. The standard InChI is InChI=1S/C22H24N4OS/c1-2-16-5-7-17(8-6-16)14-24-21(27)19-15-28-22(25-19)18-9-10-23-20(13-18)26-11-3-4-12-26/h5-10,13,15H,2-4,11-12,14H2,1H3,(H,24,27). The number of thiazole rings is 1. The van der Waals surface area contributed by atoms with E-state index < -0.39 is 0 Å². The van der Waals surface area contributed by atoms with Crippen molar-refractivity contribution in [2.75, 3.05) is 18.0 Å². The van der Waals surface area contributed by atoms with Gasteiger partial charge >= 0.3 is 0 Å². The SMILES string of the molecule is CCc1ccc(CNC(=O)c2csc(-c3ccnc(N4CCCC4)c3)n2)cc1. The van der Waals surface area contributed by atoms with E-state index in [4.69, 9.17) is 0 Å². The van der Waals surface area contributed by atoms with Gasteiger partial charge in [-0.1, -0.05) is 31.2 Å². The van der Waals surface area contributed by atoms with Crippen LogP contribution in [0.5, 0.6) is 0 Å². The number of anilines is 1. The number of rotatable bonds is 6. The molecule has 1 aromatic carbocycles. The Morgan fingerprint density at radius 3 is 2.64 bits per heavy atom. The van der Waals surface area contributed by atoms with Crippen LogP contribution in [0.4, 0.5) is 5.82 Å². The minimum Gasteiger partial charge on any atom is -0.357 e. The zero-order valence-corrected chi connectivity index (χ0v) is 16.8. The summed E-state index contributed by atoms with van der Waals surface area (Å²) in [5.74, 6) is 0.850. The van der Waals surface area contributed by atoms with Crippen molar-refractivity contribution in [2.24, 2.45) is 0 Å². The molecule has 5 nitrogen and oxygen atoms in total. The molecule has 0 spiro atoms. The van der Waals surface area contributed by atoms with Gasteiger partial charge in [0, 0.05) is 36.8 Å². The molecule has 144 valence electrons. The molecule has 0 atom stereocenters. The van der Waals surface area contributed by atoms with Crippen LogP contribution in [0.15, 0.2) is 48.0 Å². The second-order valence-electron chi connectivity index (χ2n) is 6.99. The van der Waals surface area contributed by atoms with Crippen molar-refractivity contribution in [3.63, 3.8) is 0 Å². The Hall–Kier alpha value is -2.73. The maximum Gasteiger partial charge on any atom is 0.271 e. The number of pyridine rings is 1. The minimum absolute atomic E-state index is 0.143. The van der Waals surface area contributed by atoms with Crippen molar-refractivity contribution < 1.29 is 4.79 Å². The summed E-state index contributed by atoms with van der Waals surface area (Å²) >= 11 is 1.49. The van der Waals surface area contributed by atoms with Crippen molar-refractivity contribution in [1.29, 1.82) is 0 Å². The summed E-state index contributed by atoms with van der Waals surface area (Å²) in [6.07, 6.45) is 5.27. The molecule has 0 saturated carbocycles. The van der Waals surface area contributed by atoms with Gasteiger partial charge in [-0.15, -0.1) is 11.3 Å². The third-order valence-corrected chi connectivity index (χ3v) is 5.93. The van der Waals surface area contributed by atoms with Crippen molar-refractivity contribution in [3.05, 3.63) is 64.8 Å². The lowest BCUT2D eigenvalue weighted by molar-refractivity contribution is 0.0946. The van der Waals surface area contributed by atoms with Crippen molar-refractivity contribution in [2.45, 2.75) is 32.7 Å². The lowest BCUT2D eigenvalue weighted by Crippen LogP contribution is -2.23. The second-order valence-corrected chi connectivity index (χ2v) is 7.85. The second kappa shape index (κ2) is 8.52. The Labute approximate surface area is 169 Å². The number of nitrogens with one attached hydrogen (secondary N) is 1. The summed E-state index contributed by atoms with van der Waals surface area (Å²) in [7, 11) is 0. The molecule has 4 rings (SSSR count). The van der Waals surface area contributed by atoms with E-state index >= 15 is 0 Å². The monoisotopic (exact) mass is 392 g/mol. The van der Waals surface area contributed by atoms with Crippen LogP contribution in [0.2, 0.25) is 0 Å². The van der Waals surface area contributed by atoms with Crippen LogP contribution in [0.25, 0.3) is 10.6 Å². The van der Waals surface area contributed by atoms with Gasteiger partial charge < -0.3 is 10.2 Å². The van der Waals surface area contributed by atoms with E-state index in [9.17, 15) is 4.79 Å². The van der Waals surface area contributed by atoms with Crippen molar-refractivity contribution >= 4 is 23.1 Å². The molecule has 6 heteroatoms. The molecule has 1 amide bonds. The first-order valence-electron chi connectivity index (χ1n) is 9.76. The van der Waals surface area contributed by atoms with E-state index in [-0.39, 0.29) is 5.91 Å². The van der Waals surface area contributed by atoms with E-state index in [0.717, 1.165) is 41.5 Å². The first-order valence-corrected chi connectivity index (χ1v) is 10.6. The summed E-state index contributed by atoms with van der Waals surface area (Å²) in [4.78, 5) is 23.8. The lowest BCUT2D eigenvalue weighted by atomic mass is 10.1. The summed E-state index contributed by atoms with van der Waals surface area (Å²) in [6.45, 7) is 4.75. The third-order valence-electron chi connectivity index (χ3n) is 5.04. The molecule has 28 heavy (non-hydrogen) atoms. The van der Waals surface area contributed by atoms with Gasteiger partial charge in [0.15, 0.2) is 0 Å². The summed E-state index contributed by atoms with van der Waals surface area (Å²) < 4.78 is 0. The minimum atomic E-state index is -0.143. The molecule has 0 aliphatic carbocycles. The van der Waals surface area contributed by atoms with Gasteiger partial charge in [0.05, 0.1) is 0 Å². The highest BCUT2D eigenvalue weighted by atomic mass is 32.1. The summed E-state index contributed by atoms with van der Waals surface area (Å²) in [5.41, 5.74) is 3.86. The predicted octanol–water partition coefficient (Wildman–Crippen LogP) is 4.30. The molecule has 3 aromatic rings.